The van der Waals surface area contributed by atoms with Gasteiger partial charge in [0, 0.05) is 21.1 Å². The molecule has 0 unspecified atom stereocenters. The van der Waals surface area contributed by atoms with Gasteiger partial charge in [-0.05, 0) is 12.8 Å². The van der Waals surface area contributed by atoms with Gasteiger partial charge in [0.25, 0.3) is 5.56 Å². The summed E-state index contributed by atoms with van der Waals surface area (Å²) in [7, 11) is 4.92. The molecule has 0 radical (unpaired) electrons. The molecule has 0 atom stereocenters. The predicted octanol–water partition coefficient (Wildman–Crippen LogP) is 0.0888. The van der Waals surface area contributed by atoms with Crippen molar-refractivity contribution in [2.75, 3.05) is 0 Å². The molecule has 0 bridgehead atoms. The van der Waals surface area contributed by atoms with Crippen LogP contribution >= 0.6 is 0 Å². The lowest BCUT2D eigenvalue weighted by atomic mass is 9.82. The fourth-order valence-electron chi connectivity index (χ4n) is 3.37. The van der Waals surface area contributed by atoms with Gasteiger partial charge in [0.15, 0.2) is 11.2 Å². The van der Waals surface area contributed by atoms with Crippen LogP contribution in [0.25, 0.3) is 11.2 Å². The average molecular weight is 291 g/mol. The summed E-state index contributed by atoms with van der Waals surface area (Å²) in [6, 6.07) is 0. The number of hydrogen-bond donors (Lipinski definition) is 1. The van der Waals surface area contributed by atoms with Crippen LogP contribution in [0.2, 0.25) is 0 Å². The topological polar surface area (TPSA) is 87.8 Å². The SMILES string of the molecule is Cn1c(=O)c2c(nc(C3(N)CCCCC3)n2C)n(C)c1=O. The molecule has 1 aliphatic rings. The molecule has 0 aliphatic heterocycles. The third-order valence-electron chi connectivity index (χ3n) is 4.67. The molecule has 21 heavy (non-hydrogen) atoms. The molecule has 2 heterocycles. The van der Waals surface area contributed by atoms with E-state index in [1.54, 1.807) is 18.7 Å². The lowest BCUT2D eigenvalue weighted by molar-refractivity contribution is 0.282. The van der Waals surface area contributed by atoms with Crippen molar-refractivity contribution in [3.8, 4) is 0 Å². The van der Waals surface area contributed by atoms with E-state index < -0.39 is 5.54 Å². The van der Waals surface area contributed by atoms with Gasteiger partial charge in [0.2, 0.25) is 0 Å². The van der Waals surface area contributed by atoms with Crippen molar-refractivity contribution in [1.82, 2.24) is 18.7 Å². The van der Waals surface area contributed by atoms with Gasteiger partial charge in [0.05, 0.1) is 5.54 Å². The van der Waals surface area contributed by atoms with E-state index in [9.17, 15) is 9.59 Å². The molecule has 0 spiro atoms. The molecule has 1 aliphatic carbocycles. The lowest BCUT2D eigenvalue weighted by Gasteiger charge is -2.32. The van der Waals surface area contributed by atoms with Crippen molar-refractivity contribution in [2.24, 2.45) is 26.9 Å². The Bertz CT molecular complexity index is 820. The number of aryl methyl sites for hydroxylation is 2. The summed E-state index contributed by atoms with van der Waals surface area (Å²) in [5, 5.41) is 0. The van der Waals surface area contributed by atoms with E-state index in [-0.39, 0.29) is 11.2 Å². The summed E-state index contributed by atoms with van der Waals surface area (Å²) in [5.41, 5.74) is 6.19. The van der Waals surface area contributed by atoms with Crippen molar-refractivity contribution in [3.63, 3.8) is 0 Å². The zero-order valence-electron chi connectivity index (χ0n) is 12.7. The number of aromatic nitrogens is 4. The molecule has 3 rings (SSSR count). The smallest absolute Gasteiger partial charge is 0.324 e. The number of fused-ring (bicyclic) bond motifs is 1. The molecule has 7 nitrogen and oxygen atoms in total. The maximum atomic E-state index is 12.4. The van der Waals surface area contributed by atoms with Gasteiger partial charge in [-0.3, -0.25) is 13.9 Å². The fraction of sp³-hybridized carbons (Fsp3) is 0.643. The first-order valence-corrected chi connectivity index (χ1v) is 7.28. The van der Waals surface area contributed by atoms with Gasteiger partial charge in [-0.1, -0.05) is 19.3 Å². The lowest BCUT2D eigenvalue weighted by Crippen LogP contribution is -2.41. The van der Waals surface area contributed by atoms with Gasteiger partial charge < -0.3 is 10.3 Å². The highest BCUT2D eigenvalue weighted by atomic mass is 16.2. The zero-order chi connectivity index (χ0) is 15.4. The molecule has 2 N–H and O–H groups in total. The van der Waals surface area contributed by atoms with Crippen LogP contribution in [0, 0.1) is 0 Å². The van der Waals surface area contributed by atoms with E-state index in [1.165, 1.54) is 18.0 Å². The summed E-state index contributed by atoms with van der Waals surface area (Å²) in [6.45, 7) is 0. The highest BCUT2D eigenvalue weighted by Gasteiger charge is 2.35. The Morgan fingerprint density at radius 3 is 2.24 bits per heavy atom. The second-order valence-electron chi connectivity index (χ2n) is 6.09. The molecular weight excluding hydrogens is 270 g/mol. The van der Waals surface area contributed by atoms with E-state index >= 15 is 0 Å². The Balaban J connectivity index is 2.35. The van der Waals surface area contributed by atoms with Crippen LogP contribution in [0.1, 0.15) is 37.9 Å². The zero-order valence-corrected chi connectivity index (χ0v) is 12.7. The molecule has 7 heteroatoms. The van der Waals surface area contributed by atoms with Crippen LogP contribution in [0.15, 0.2) is 9.59 Å². The summed E-state index contributed by atoms with van der Waals surface area (Å²) in [5.74, 6) is 0.704. The van der Waals surface area contributed by atoms with Crippen molar-refractivity contribution >= 4 is 11.2 Å². The summed E-state index contributed by atoms with van der Waals surface area (Å²) >= 11 is 0. The Morgan fingerprint density at radius 2 is 1.62 bits per heavy atom. The highest BCUT2D eigenvalue weighted by Crippen LogP contribution is 2.34. The third kappa shape index (κ3) is 1.87. The van der Waals surface area contributed by atoms with Crippen molar-refractivity contribution < 1.29 is 0 Å². The number of nitrogens with two attached hydrogens (primary N) is 1. The van der Waals surface area contributed by atoms with Crippen LogP contribution in [-0.4, -0.2) is 18.7 Å². The van der Waals surface area contributed by atoms with Crippen LogP contribution in [-0.2, 0) is 26.7 Å². The molecule has 1 saturated carbocycles. The molecule has 2 aromatic heterocycles. The van der Waals surface area contributed by atoms with E-state index in [0.717, 1.165) is 30.3 Å². The maximum Gasteiger partial charge on any atom is 0.332 e. The van der Waals surface area contributed by atoms with Crippen molar-refractivity contribution in [1.29, 1.82) is 0 Å². The van der Waals surface area contributed by atoms with Crippen LogP contribution in [0.5, 0.6) is 0 Å². The number of rotatable bonds is 1. The summed E-state index contributed by atoms with van der Waals surface area (Å²) < 4.78 is 4.28. The largest absolute Gasteiger partial charge is 0.332 e. The maximum absolute atomic E-state index is 12.4. The molecule has 2 aromatic rings. The molecule has 0 amide bonds. The average Bonchev–Trinajstić information content (AvgIpc) is 2.82. The van der Waals surface area contributed by atoms with Crippen molar-refractivity contribution in [2.45, 2.75) is 37.6 Å². The first kappa shape index (κ1) is 14.1. The van der Waals surface area contributed by atoms with Gasteiger partial charge in [-0.2, -0.15) is 0 Å². The van der Waals surface area contributed by atoms with Crippen LogP contribution in [0.3, 0.4) is 0 Å². The van der Waals surface area contributed by atoms with Gasteiger partial charge >= 0.3 is 5.69 Å². The van der Waals surface area contributed by atoms with E-state index in [2.05, 4.69) is 4.98 Å². The normalized spacial score (nSPS) is 18.3. The second kappa shape index (κ2) is 4.56. The quantitative estimate of drug-likeness (QED) is 0.806. The molecule has 0 saturated heterocycles. The van der Waals surface area contributed by atoms with Crippen molar-refractivity contribution in [3.05, 3.63) is 26.7 Å². The minimum absolute atomic E-state index is 0.325. The summed E-state index contributed by atoms with van der Waals surface area (Å²) in [6.07, 6.45) is 5.04. The Labute approximate surface area is 122 Å². The van der Waals surface area contributed by atoms with E-state index in [4.69, 9.17) is 5.73 Å². The van der Waals surface area contributed by atoms with Gasteiger partial charge in [-0.15, -0.1) is 0 Å². The number of hydrogen-bond acceptors (Lipinski definition) is 4. The highest BCUT2D eigenvalue weighted by molar-refractivity contribution is 5.71. The molecule has 1 fully saturated rings. The number of imidazole rings is 1. The van der Waals surface area contributed by atoms with Gasteiger partial charge in [-0.25, -0.2) is 9.78 Å². The first-order chi connectivity index (χ1) is 9.87. The monoisotopic (exact) mass is 291 g/mol. The third-order valence-corrected chi connectivity index (χ3v) is 4.67. The Hall–Kier alpha value is -1.89. The minimum Gasteiger partial charge on any atom is -0.324 e. The second-order valence-corrected chi connectivity index (χ2v) is 6.09. The standard InChI is InChI=1S/C14H21N5O2/c1-17-9-10(18(2)13(21)19(3)11(9)20)16-12(17)14(15)7-5-4-6-8-14/h4-8,15H2,1-3H3. The van der Waals surface area contributed by atoms with Gasteiger partial charge in [0.1, 0.15) is 5.82 Å². The fourth-order valence-corrected chi connectivity index (χ4v) is 3.37. The van der Waals surface area contributed by atoms with Crippen LogP contribution < -0.4 is 17.0 Å². The predicted molar refractivity (Wildman–Crippen MR) is 80.1 cm³/mol. The summed E-state index contributed by atoms with van der Waals surface area (Å²) in [4.78, 5) is 29.0. The van der Waals surface area contributed by atoms with E-state index in [0.29, 0.717) is 17.0 Å². The van der Waals surface area contributed by atoms with Crippen LogP contribution in [0.4, 0.5) is 0 Å². The molecule has 0 aromatic carbocycles. The number of nitrogens with zero attached hydrogens (tertiary/aromatic N) is 4. The molecular formula is C14H21N5O2. The minimum atomic E-state index is -0.507. The van der Waals surface area contributed by atoms with E-state index in [1.807, 2.05) is 0 Å². The molecule has 114 valence electrons. The Morgan fingerprint density at radius 1 is 1.00 bits per heavy atom. The Kier molecular flexibility index (Phi) is 3.05. The first-order valence-electron chi connectivity index (χ1n) is 7.28.